The Morgan fingerprint density at radius 2 is 2.00 bits per heavy atom. The number of H-pyrrole nitrogens is 1. The zero-order valence-corrected chi connectivity index (χ0v) is 24.6. The van der Waals surface area contributed by atoms with Gasteiger partial charge in [-0.2, -0.15) is 10.1 Å². The number of amides is 1. The number of anilines is 2. The fourth-order valence-electron chi connectivity index (χ4n) is 5.91. The molecular formula is C29H31FN8O4S. The first-order chi connectivity index (χ1) is 20.5. The number of sulfone groups is 1. The minimum atomic E-state index is -3.81. The van der Waals surface area contributed by atoms with Gasteiger partial charge in [0.05, 0.1) is 27.9 Å². The van der Waals surface area contributed by atoms with Gasteiger partial charge in [0, 0.05) is 31.9 Å². The number of nitrogens with two attached hydrogens (primary N) is 1. The van der Waals surface area contributed by atoms with Crippen LogP contribution in [-0.4, -0.2) is 75.9 Å². The Balaban J connectivity index is 1.66. The van der Waals surface area contributed by atoms with Gasteiger partial charge in [-0.3, -0.25) is 9.89 Å². The fraction of sp³-hybridized carbons (Fsp3) is 0.345. The first-order valence-electron chi connectivity index (χ1n) is 13.9. The molecule has 3 N–H and O–H groups in total. The molecule has 4 heterocycles. The van der Waals surface area contributed by atoms with Crippen molar-refractivity contribution in [1.29, 1.82) is 0 Å². The second-order valence-electron chi connectivity index (χ2n) is 11.1. The lowest BCUT2D eigenvalue weighted by atomic mass is 9.79. The van der Waals surface area contributed by atoms with E-state index in [0.717, 1.165) is 25.5 Å². The third kappa shape index (κ3) is 4.84. The van der Waals surface area contributed by atoms with Crippen LogP contribution in [0.25, 0.3) is 28.1 Å². The molecule has 1 aliphatic heterocycles. The molecule has 1 saturated heterocycles. The van der Waals surface area contributed by atoms with Crippen LogP contribution in [0.2, 0.25) is 0 Å². The number of nitrogens with one attached hydrogen (secondary N) is 1. The highest BCUT2D eigenvalue weighted by Gasteiger charge is 2.33. The Kier molecular flexibility index (Phi) is 7.03. The number of hydrogen-bond acceptors (Lipinski definition) is 9. The molecule has 1 atom stereocenters. The molecule has 1 saturated carbocycles. The summed E-state index contributed by atoms with van der Waals surface area (Å²) in [5, 5.41) is 6.75. The second kappa shape index (κ2) is 10.6. The Hall–Kier alpha value is -4.59. The molecule has 1 amide bonds. The van der Waals surface area contributed by atoms with Crippen LogP contribution in [0.15, 0.2) is 52.8 Å². The highest BCUT2D eigenvalue weighted by Crippen LogP contribution is 2.42. The van der Waals surface area contributed by atoms with E-state index in [1.807, 2.05) is 17.9 Å². The van der Waals surface area contributed by atoms with Gasteiger partial charge in [0.25, 0.3) is 0 Å². The van der Waals surface area contributed by atoms with E-state index in [0.29, 0.717) is 25.2 Å². The molecule has 4 aromatic rings. The Morgan fingerprint density at radius 3 is 2.60 bits per heavy atom. The van der Waals surface area contributed by atoms with Crippen LogP contribution in [-0.2, 0) is 14.6 Å². The number of fused-ring (bicyclic) bond motifs is 1. The number of carbonyl (C=O) groups is 1. The summed E-state index contributed by atoms with van der Waals surface area (Å²) in [5.41, 5.74) is 6.25. The molecule has 3 aromatic heterocycles. The predicted octanol–water partition coefficient (Wildman–Crippen LogP) is 2.79. The summed E-state index contributed by atoms with van der Waals surface area (Å²) < 4.78 is 43.2. The monoisotopic (exact) mass is 606 g/mol. The standard InChI is InChI=1S/C29H31FN8O4S/c1-4-23(39)36-11-12-37(16(2)15-36)27-19-13-20(30)24(25-21(31)14-32-35-25)33-28(19)38(29(40)34-27)26-18(17-7-5-8-17)9-6-10-22(26)43(3,41)42/h4,6,9-10,13-14,16-17H,1,5,7-8,11-12,15,31H2,2-3H3,(H,32,35)/t16-/m0/s1. The topological polar surface area (TPSA) is 160 Å². The Bertz CT molecular complexity index is 1950. The number of aromatic nitrogens is 5. The molecule has 2 fully saturated rings. The molecule has 1 aromatic carbocycles. The molecule has 0 spiro atoms. The lowest BCUT2D eigenvalue weighted by Gasteiger charge is -2.40. The first-order valence-corrected chi connectivity index (χ1v) is 15.8. The number of hydrogen-bond donors (Lipinski definition) is 2. The molecule has 2 aliphatic rings. The maximum atomic E-state index is 15.8. The maximum absolute atomic E-state index is 15.8. The third-order valence-corrected chi connectivity index (χ3v) is 9.42. The molecule has 12 nitrogen and oxygen atoms in total. The molecular weight excluding hydrogens is 575 g/mol. The van der Waals surface area contributed by atoms with E-state index in [2.05, 4.69) is 26.7 Å². The number of benzene rings is 1. The number of rotatable bonds is 6. The summed E-state index contributed by atoms with van der Waals surface area (Å²) in [7, 11) is -3.81. The predicted molar refractivity (Wildman–Crippen MR) is 160 cm³/mol. The number of piperazine rings is 1. The molecule has 1 aliphatic carbocycles. The van der Waals surface area contributed by atoms with Crippen LogP contribution in [0.5, 0.6) is 0 Å². The largest absolute Gasteiger partial charge is 0.396 e. The Labute approximate surface area is 247 Å². The van der Waals surface area contributed by atoms with E-state index < -0.39 is 21.3 Å². The van der Waals surface area contributed by atoms with Crippen molar-refractivity contribution in [2.75, 3.05) is 36.5 Å². The van der Waals surface area contributed by atoms with Crippen molar-refractivity contribution < 1.29 is 17.6 Å². The number of carbonyl (C=O) groups excluding carboxylic acids is 1. The summed E-state index contributed by atoms with van der Waals surface area (Å²) in [4.78, 5) is 38.8. The van der Waals surface area contributed by atoms with Crippen molar-refractivity contribution in [2.45, 2.75) is 43.0 Å². The average Bonchev–Trinajstić information content (AvgIpc) is 3.36. The highest BCUT2D eigenvalue weighted by molar-refractivity contribution is 7.90. The summed E-state index contributed by atoms with van der Waals surface area (Å²) >= 11 is 0. The molecule has 14 heteroatoms. The van der Waals surface area contributed by atoms with Crippen LogP contribution in [0.1, 0.15) is 37.7 Å². The van der Waals surface area contributed by atoms with E-state index in [9.17, 15) is 18.0 Å². The summed E-state index contributed by atoms with van der Waals surface area (Å²) in [6, 6.07) is 5.88. The number of aromatic amines is 1. The van der Waals surface area contributed by atoms with Crippen LogP contribution in [0, 0.1) is 5.82 Å². The maximum Gasteiger partial charge on any atom is 0.355 e. The van der Waals surface area contributed by atoms with Gasteiger partial charge >= 0.3 is 5.69 Å². The fourth-order valence-corrected chi connectivity index (χ4v) is 6.80. The second-order valence-corrected chi connectivity index (χ2v) is 13.1. The van der Waals surface area contributed by atoms with Crippen molar-refractivity contribution in [1.82, 2.24) is 29.6 Å². The lowest BCUT2D eigenvalue weighted by molar-refractivity contribution is -0.126. The minimum Gasteiger partial charge on any atom is -0.396 e. The third-order valence-electron chi connectivity index (χ3n) is 8.29. The van der Waals surface area contributed by atoms with Crippen LogP contribution in [0.3, 0.4) is 0 Å². The molecule has 0 radical (unpaired) electrons. The normalized spacial score (nSPS) is 17.7. The van der Waals surface area contributed by atoms with Gasteiger partial charge in [0.15, 0.2) is 21.3 Å². The molecule has 0 bridgehead atoms. The highest BCUT2D eigenvalue weighted by atomic mass is 32.2. The molecule has 43 heavy (non-hydrogen) atoms. The SMILES string of the molecule is C=CC(=O)N1CCN(c2nc(=O)n(-c3c(C4CCC4)cccc3S(C)(=O)=O)c3nc(-c4[nH]ncc4N)c(F)cc23)[C@@H](C)C1. The number of nitrogen functional groups attached to an aromatic ring is 1. The zero-order valence-electron chi connectivity index (χ0n) is 23.7. The van der Waals surface area contributed by atoms with Crippen molar-refractivity contribution >= 4 is 38.3 Å². The summed E-state index contributed by atoms with van der Waals surface area (Å²) in [5.74, 6) is -0.723. The van der Waals surface area contributed by atoms with E-state index in [1.54, 1.807) is 11.0 Å². The lowest BCUT2D eigenvalue weighted by Crippen LogP contribution is -2.54. The number of para-hydroxylation sites is 1. The Morgan fingerprint density at radius 1 is 1.23 bits per heavy atom. The molecule has 0 unspecified atom stereocenters. The van der Waals surface area contributed by atoms with Crippen molar-refractivity contribution in [3.63, 3.8) is 0 Å². The van der Waals surface area contributed by atoms with E-state index >= 15 is 4.39 Å². The first kappa shape index (κ1) is 28.5. The van der Waals surface area contributed by atoms with Crippen molar-refractivity contribution in [3.05, 3.63) is 65.0 Å². The van der Waals surface area contributed by atoms with Gasteiger partial charge in [-0.15, -0.1) is 0 Å². The van der Waals surface area contributed by atoms with Crippen LogP contribution < -0.4 is 16.3 Å². The van der Waals surface area contributed by atoms with Crippen LogP contribution in [0.4, 0.5) is 15.9 Å². The van der Waals surface area contributed by atoms with E-state index in [-0.39, 0.29) is 62.4 Å². The van der Waals surface area contributed by atoms with Gasteiger partial charge in [0.1, 0.15) is 17.2 Å². The number of halogens is 1. The smallest absolute Gasteiger partial charge is 0.355 e. The number of nitrogens with zero attached hydrogens (tertiary/aromatic N) is 6. The summed E-state index contributed by atoms with van der Waals surface area (Å²) in [6.45, 7) is 6.42. The van der Waals surface area contributed by atoms with Gasteiger partial charge in [-0.1, -0.05) is 25.1 Å². The minimum absolute atomic E-state index is 0.0221. The zero-order chi connectivity index (χ0) is 30.6. The quantitative estimate of drug-likeness (QED) is 0.315. The van der Waals surface area contributed by atoms with Crippen molar-refractivity contribution in [2.24, 2.45) is 0 Å². The summed E-state index contributed by atoms with van der Waals surface area (Å²) in [6.07, 6.45) is 6.30. The van der Waals surface area contributed by atoms with Gasteiger partial charge in [0.2, 0.25) is 5.91 Å². The van der Waals surface area contributed by atoms with E-state index in [1.165, 1.54) is 29.0 Å². The van der Waals surface area contributed by atoms with Gasteiger partial charge in [-0.25, -0.2) is 27.2 Å². The van der Waals surface area contributed by atoms with Gasteiger partial charge in [-0.05, 0) is 49.5 Å². The molecule has 6 rings (SSSR count). The van der Waals surface area contributed by atoms with Crippen LogP contribution >= 0.6 is 0 Å². The van der Waals surface area contributed by atoms with Crippen molar-refractivity contribution in [3.8, 4) is 17.1 Å². The molecule has 224 valence electrons. The average molecular weight is 607 g/mol. The van der Waals surface area contributed by atoms with E-state index in [4.69, 9.17) is 5.73 Å². The van der Waals surface area contributed by atoms with Gasteiger partial charge < -0.3 is 15.5 Å². The number of pyridine rings is 1.